The van der Waals surface area contributed by atoms with Crippen molar-refractivity contribution in [3.8, 4) is 0 Å². The molecule has 8 nitrogen and oxygen atoms in total. The van der Waals surface area contributed by atoms with Crippen molar-refractivity contribution < 1.29 is 14.0 Å². The fourth-order valence-electron chi connectivity index (χ4n) is 4.49. The summed E-state index contributed by atoms with van der Waals surface area (Å²) in [5, 5.41) is 10.8. The maximum atomic E-state index is 14.2. The number of carbonyl (C=O) groups excluding carboxylic acids is 2. The van der Waals surface area contributed by atoms with E-state index in [0.29, 0.717) is 19.6 Å². The lowest BCUT2D eigenvalue weighted by molar-refractivity contribution is -0.133. The van der Waals surface area contributed by atoms with Crippen LogP contribution in [0.25, 0.3) is 0 Å². The fraction of sp³-hybridized carbons (Fsp3) is 0.565. The number of hydrogen-bond donors (Lipinski definition) is 1. The number of nitrogens with zero attached hydrogens (tertiary/aromatic N) is 5. The first kappa shape index (κ1) is 22.4. The largest absolute Gasteiger partial charge is 0.347 e. The number of nitrogens with one attached hydrogen (secondary N) is 1. The lowest BCUT2D eigenvalue weighted by Crippen LogP contribution is -2.44. The second kappa shape index (κ2) is 10.7. The molecule has 0 aliphatic carbocycles. The average Bonchev–Trinajstić information content (AvgIpc) is 3.32. The van der Waals surface area contributed by atoms with Gasteiger partial charge in [-0.2, -0.15) is 0 Å². The summed E-state index contributed by atoms with van der Waals surface area (Å²) < 4.78 is 15.7. The van der Waals surface area contributed by atoms with Gasteiger partial charge in [0, 0.05) is 13.0 Å². The van der Waals surface area contributed by atoms with Gasteiger partial charge in [-0.3, -0.25) is 14.5 Å². The number of likely N-dealkylation sites (tertiary alicyclic amines) is 2. The van der Waals surface area contributed by atoms with Crippen LogP contribution in [0.15, 0.2) is 36.5 Å². The number of amides is 2. The number of benzene rings is 1. The van der Waals surface area contributed by atoms with E-state index in [-0.39, 0.29) is 36.5 Å². The van der Waals surface area contributed by atoms with E-state index < -0.39 is 6.17 Å². The van der Waals surface area contributed by atoms with E-state index in [1.54, 1.807) is 11.1 Å². The number of aromatic nitrogens is 3. The van der Waals surface area contributed by atoms with Crippen LogP contribution in [0.2, 0.25) is 0 Å². The van der Waals surface area contributed by atoms with E-state index in [9.17, 15) is 14.0 Å². The molecule has 2 aliphatic heterocycles. The van der Waals surface area contributed by atoms with Crippen molar-refractivity contribution in [1.82, 2.24) is 30.1 Å². The molecule has 0 bridgehead atoms. The van der Waals surface area contributed by atoms with E-state index in [4.69, 9.17) is 0 Å². The second-order valence-corrected chi connectivity index (χ2v) is 8.72. The molecule has 1 aromatic heterocycles. The summed E-state index contributed by atoms with van der Waals surface area (Å²) >= 11 is 0. The zero-order valence-electron chi connectivity index (χ0n) is 18.3. The summed E-state index contributed by atoms with van der Waals surface area (Å²) in [7, 11) is 0. The lowest BCUT2D eigenvalue weighted by atomic mass is 10.2. The molecule has 32 heavy (non-hydrogen) atoms. The summed E-state index contributed by atoms with van der Waals surface area (Å²) in [6.07, 6.45) is 5.43. The summed E-state index contributed by atoms with van der Waals surface area (Å²) in [5.74, 6) is -0.345. The molecule has 172 valence electrons. The van der Waals surface area contributed by atoms with E-state index in [1.807, 2.05) is 30.3 Å². The van der Waals surface area contributed by atoms with Gasteiger partial charge in [-0.15, -0.1) is 5.10 Å². The molecule has 3 heterocycles. The molecular weight excluding hydrogens is 411 g/mol. The Morgan fingerprint density at radius 2 is 1.84 bits per heavy atom. The molecule has 2 unspecified atom stereocenters. The topological polar surface area (TPSA) is 83.4 Å². The average molecular weight is 443 g/mol. The molecule has 2 fully saturated rings. The third-order valence-electron chi connectivity index (χ3n) is 6.21. The van der Waals surface area contributed by atoms with Crippen molar-refractivity contribution in [3.05, 3.63) is 47.8 Å². The first-order valence-corrected chi connectivity index (χ1v) is 11.5. The van der Waals surface area contributed by atoms with E-state index in [1.165, 1.54) is 17.5 Å². The molecule has 2 aromatic rings. The molecule has 0 radical (unpaired) electrons. The third-order valence-corrected chi connectivity index (χ3v) is 6.21. The van der Waals surface area contributed by atoms with Gasteiger partial charge in [0.1, 0.15) is 6.17 Å². The van der Waals surface area contributed by atoms with Crippen LogP contribution in [0.4, 0.5) is 4.39 Å². The summed E-state index contributed by atoms with van der Waals surface area (Å²) in [5.41, 5.74) is 1.20. The minimum atomic E-state index is -1.04. The van der Waals surface area contributed by atoms with Gasteiger partial charge in [-0.05, 0) is 31.5 Å². The van der Waals surface area contributed by atoms with Gasteiger partial charge in [0.25, 0.3) is 5.91 Å². The number of carbonyl (C=O) groups is 2. The Morgan fingerprint density at radius 3 is 2.59 bits per heavy atom. The van der Waals surface area contributed by atoms with Gasteiger partial charge < -0.3 is 10.2 Å². The first-order chi connectivity index (χ1) is 15.6. The van der Waals surface area contributed by atoms with Crippen LogP contribution in [-0.4, -0.2) is 75.0 Å². The second-order valence-electron chi connectivity index (χ2n) is 8.72. The highest BCUT2D eigenvalue weighted by atomic mass is 19.1. The van der Waals surface area contributed by atoms with E-state index in [2.05, 4.69) is 20.5 Å². The molecule has 1 N–H and O–H groups in total. The van der Waals surface area contributed by atoms with Gasteiger partial charge in [0.2, 0.25) is 5.91 Å². The minimum absolute atomic E-state index is 0.0296. The predicted octanol–water partition coefficient (Wildman–Crippen LogP) is 2.02. The SMILES string of the molecule is O=C(NCc1ccccc1)c1cn(CC2CC(F)CN2C(=O)CN2CCCCCC2)nn1. The van der Waals surface area contributed by atoms with Crippen LogP contribution in [-0.2, 0) is 17.9 Å². The van der Waals surface area contributed by atoms with Crippen LogP contribution < -0.4 is 5.32 Å². The van der Waals surface area contributed by atoms with Gasteiger partial charge in [-0.1, -0.05) is 48.4 Å². The van der Waals surface area contributed by atoms with Crippen LogP contribution in [0, 0.1) is 0 Å². The Morgan fingerprint density at radius 1 is 1.09 bits per heavy atom. The highest BCUT2D eigenvalue weighted by Gasteiger charge is 2.36. The van der Waals surface area contributed by atoms with E-state index in [0.717, 1.165) is 31.5 Å². The Bertz CT molecular complexity index is 897. The Labute approximate surface area is 187 Å². The number of rotatable bonds is 7. The lowest BCUT2D eigenvalue weighted by Gasteiger charge is -2.27. The third kappa shape index (κ3) is 5.91. The maximum absolute atomic E-state index is 14.2. The highest BCUT2D eigenvalue weighted by Crippen LogP contribution is 2.22. The van der Waals surface area contributed by atoms with E-state index >= 15 is 0 Å². The van der Waals surface area contributed by atoms with Crippen molar-refractivity contribution in [3.63, 3.8) is 0 Å². The molecule has 2 aliphatic rings. The van der Waals surface area contributed by atoms with Crippen LogP contribution in [0.1, 0.15) is 48.2 Å². The summed E-state index contributed by atoms with van der Waals surface area (Å²) in [6, 6.07) is 9.33. The molecule has 2 saturated heterocycles. The zero-order valence-corrected chi connectivity index (χ0v) is 18.3. The highest BCUT2D eigenvalue weighted by molar-refractivity contribution is 5.91. The number of halogens is 1. The minimum Gasteiger partial charge on any atom is -0.347 e. The number of alkyl halides is 1. The van der Waals surface area contributed by atoms with Crippen molar-refractivity contribution in [1.29, 1.82) is 0 Å². The van der Waals surface area contributed by atoms with Gasteiger partial charge in [-0.25, -0.2) is 9.07 Å². The molecule has 2 amide bonds. The Balaban J connectivity index is 1.32. The van der Waals surface area contributed by atoms with Crippen LogP contribution in [0.3, 0.4) is 0 Å². The quantitative estimate of drug-likeness (QED) is 0.709. The normalized spacial score (nSPS) is 22.0. The van der Waals surface area contributed by atoms with Crippen molar-refractivity contribution in [2.75, 3.05) is 26.2 Å². The molecule has 0 saturated carbocycles. The Kier molecular flexibility index (Phi) is 7.47. The summed E-state index contributed by atoms with van der Waals surface area (Å²) in [6.45, 7) is 3.04. The zero-order chi connectivity index (χ0) is 22.3. The smallest absolute Gasteiger partial charge is 0.273 e. The monoisotopic (exact) mass is 442 g/mol. The van der Waals surface area contributed by atoms with Crippen molar-refractivity contribution in [2.45, 2.75) is 57.4 Å². The van der Waals surface area contributed by atoms with Crippen molar-refractivity contribution >= 4 is 11.8 Å². The standard InChI is InChI=1S/C23H31FN6O2/c24-19-12-20(30(14-19)22(31)17-28-10-6-1-2-7-11-28)15-29-16-21(26-27-29)23(32)25-13-18-8-4-3-5-9-18/h3-5,8-9,16,19-20H,1-2,6-7,10-15,17H2,(H,25,32). The van der Waals surface area contributed by atoms with Gasteiger partial charge in [0.05, 0.1) is 31.9 Å². The molecule has 9 heteroatoms. The van der Waals surface area contributed by atoms with Gasteiger partial charge >= 0.3 is 0 Å². The number of hydrogen-bond acceptors (Lipinski definition) is 5. The first-order valence-electron chi connectivity index (χ1n) is 11.5. The fourth-order valence-corrected chi connectivity index (χ4v) is 4.49. The molecule has 1 aromatic carbocycles. The van der Waals surface area contributed by atoms with Gasteiger partial charge in [0.15, 0.2) is 5.69 Å². The molecule has 4 rings (SSSR count). The Hall–Kier alpha value is -2.81. The molecule has 0 spiro atoms. The molecule has 2 atom stereocenters. The predicted molar refractivity (Wildman–Crippen MR) is 118 cm³/mol. The van der Waals surface area contributed by atoms with Crippen LogP contribution in [0.5, 0.6) is 0 Å². The van der Waals surface area contributed by atoms with Crippen LogP contribution >= 0.6 is 0 Å². The maximum Gasteiger partial charge on any atom is 0.273 e. The summed E-state index contributed by atoms with van der Waals surface area (Å²) in [4.78, 5) is 29.1. The molecular formula is C23H31FN6O2. The van der Waals surface area contributed by atoms with Crippen molar-refractivity contribution in [2.24, 2.45) is 0 Å².